The first-order chi connectivity index (χ1) is 10.9. The Morgan fingerprint density at radius 2 is 1.74 bits per heavy atom. The third kappa shape index (κ3) is 6.72. The van der Waals surface area contributed by atoms with Crippen molar-refractivity contribution < 1.29 is 24.0 Å². The quantitative estimate of drug-likeness (QED) is 0.365. The largest absolute Gasteiger partial charge is 0.465 e. The monoisotopic (exact) mass is 327 g/mol. The third-order valence-corrected chi connectivity index (χ3v) is 3.07. The summed E-state index contributed by atoms with van der Waals surface area (Å²) in [7, 11) is 0. The van der Waals surface area contributed by atoms with Gasteiger partial charge in [0.2, 0.25) is 5.82 Å². The van der Waals surface area contributed by atoms with Gasteiger partial charge in [0.25, 0.3) is 5.91 Å². The van der Waals surface area contributed by atoms with Gasteiger partial charge in [0.1, 0.15) is 0 Å². The van der Waals surface area contributed by atoms with Crippen LogP contribution in [-0.4, -0.2) is 35.1 Å². The molecule has 1 aromatic carbocycles. The topological polar surface area (TPSA) is 122 Å². The van der Waals surface area contributed by atoms with Crippen LogP contribution in [0.25, 0.3) is 0 Å². The first-order valence-corrected chi connectivity index (χ1v) is 7.10. The minimum absolute atomic E-state index is 0.0266. The molecule has 0 saturated carbocycles. The van der Waals surface area contributed by atoms with Crippen molar-refractivity contribution in [1.82, 2.24) is 10.6 Å². The Morgan fingerprint density at radius 1 is 1.13 bits per heavy atom. The molecule has 0 radical (unpaired) electrons. The Morgan fingerprint density at radius 3 is 2.26 bits per heavy atom. The number of nitro benzene ring substituents is 1. The van der Waals surface area contributed by atoms with Crippen LogP contribution in [0.1, 0.15) is 36.0 Å². The van der Waals surface area contributed by atoms with E-state index in [2.05, 4.69) is 10.6 Å². The molecule has 0 saturated heterocycles. The van der Waals surface area contributed by atoms with Crippen molar-refractivity contribution in [3.63, 3.8) is 0 Å². The molecule has 0 spiro atoms. The molecule has 2 amide bonds. The summed E-state index contributed by atoms with van der Waals surface area (Å²) in [5.74, 6) is -1.54. The summed E-state index contributed by atoms with van der Waals surface area (Å²) < 4.78 is 13.4. The van der Waals surface area contributed by atoms with E-state index in [0.717, 1.165) is 25.0 Å². The van der Waals surface area contributed by atoms with E-state index in [-0.39, 0.29) is 5.56 Å². The van der Waals surface area contributed by atoms with Crippen molar-refractivity contribution >= 4 is 17.7 Å². The van der Waals surface area contributed by atoms with Crippen molar-refractivity contribution in [2.45, 2.75) is 25.7 Å². The predicted molar refractivity (Wildman–Crippen MR) is 79.9 cm³/mol. The van der Waals surface area contributed by atoms with E-state index in [1.165, 1.54) is 6.07 Å². The number of amides is 2. The molecule has 0 unspecified atom stereocenters. The van der Waals surface area contributed by atoms with Gasteiger partial charge in [0.15, 0.2) is 0 Å². The number of nitro groups is 1. The van der Waals surface area contributed by atoms with Crippen LogP contribution in [0.4, 0.5) is 14.9 Å². The SMILES string of the molecule is O=C(O)NCCCCCCNC(=O)c1ccc([N+](=O)[O-])c(F)c1. The second-order valence-corrected chi connectivity index (χ2v) is 4.83. The van der Waals surface area contributed by atoms with E-state index in [1.807, 2.05) is 0 Å². The molecule has 0 aliphatic rings. The molecule has 0 atom stereocenters. The number of unbranched alkanes of at least 4 members (excludes halogenated alkanes) is 3. The first-order valence-electron chi connectivity index (χ1n) is 7.10. The molecule has 0 aliphatic carbocycles. The van der Waals surface area contributed by atoms with Crippen molar-refractivity contribution in [3.05, 3.63) is 39.7 Å². The van der Waals surface area contributed by atoms with E-state index in [4.69, 9.17) is 5.11 Å². The second-order valence-electron chi connectivity index (χ2n) is 4.83. The lowest BCUT2D eigenvalue weighted by Gasteiger charge is -2.06. The molecule has 1 rings (SSSR count). The molecular formula is C14H18FN3O5. The van der Waals surface area contributed by atoms with Crippen molar-refractivity contribution in [2.75, 3.05) is 13.1 Å². The van der Waals surface area contributed by atoms with Crippen LogP contribution in [0, 0.1) is 15.9 Å². The number of carboxylic acid groups (broad SMARTS) is 1. The fourth-order valence-electron chi connectivity index (χ4n) is 1.90. The minimum Gasteiger partial charge on any atom is -0.465 e. The van der Waals surface area contributed by atoms with E-state index >= 15 is 0 Å². The Hall–Kier alpha value is -2.71. The summed E-state index contributed by atoms with van der Waals surface area (Å²) in [6.45, 7) is 0.785. The van der Waals surface area contributed by atoms with Gasteiger partial charge in [0.05, 0.1) is 4.92 Å². The van der Waals surface area contributed by atoms with Crippen LogP contribution in [-0.2, 0) is 0 Å². The molecule has 3 N–H and O–H groups in total. The highest BCUT2D eigenvalue weighted by Crippen LogP contribution is 2.17. The molecule has 0 aliphatic heterocycles. The standard InChI is InChI=1S/C14H18FN3O5/c15-11-9-10(5-6-12(11)18(22)23)13(19)16-7-3-1-2-4-8-17-14(20)21/h5-6,9,17H,1-4,7-8H2,(H,16,19)(H,20,21). The Bertz CT molecular complexity index is 580. The third-order valence-electron chi connectivity index (χ3n) is 3.07. The molecule has 0 bridgehead atoms. The van der Waals surface area contributed by atoms with Gasteiger partial charge >= 0.3 is 11.8 Å². The maximum atomic E-state index is 13.4. The summed E-state index contributed by atoms with van der Waals surface area (Å²) in [5, 5.41) is 23.7. The van der Waals surface area contributed by atoms with Crippen LogP contribution in [0.3, 0.4) is 0 Å². The molecule has 0 fully saturated rings. The molecule has 0 aromatic heterocycles. The molecule has 8 nitrogen and oxygen atoms in total. The number of halogens is 1. The number of hydrogen-bond donors (Lipinski definition) is 3. The zero-order valence-corrected chi connectivity index (χ0v) is 12.4. The van der Waals surface area contributed by atoms with Crippen molar-refractivity contribution in [1.29, 1.82) is 0 Å². The van der Waals surface area contributed by atoms with Gasteiger partial charge in [-0.05, 0) is 25.0 Å². The highest BCUT2D eigenvalue weighted by Gasteiger charge is 2.16. The summed E-state index contributed by atoms with van der Waals surface area (Å²) in [6.07, 6.45) is 2.01. The molecule has 1 aromatic rings. The normalized spacial score (nSPS) is 10.1. The Balaban J connectivity index is 2.25. The summed E-state index contributed by atoms with van der Waals surface area (Å²) >= 11 is 0. The van der Waals surface area contributed by atoms with Gasteiger partial charge in [-0.25, -0.2) is 4.79 Å². The van der Waals surface area contributed by atoms with E-state index in [0.29, 0.717) is 25.9 Å². The fourth-order valence-corrected chi connectivity index (χ4v) is 1.90. The molecular weight excluding hydrogens is 309 g/mol. The Kier molecular flexibility index (Phi) is 7.44. The summed E-state index contributed by atoms with van der Waals surface area (Å²) in [5.41, 5.74) is -0.643. The van der Waals surface area contributed by atoms with Gasteiger partial charge in [0, 0.05) is 24.7 Å². The lowest BCUT2D eigenvalue weighted by Crippen LogP contribution is -2.24. The first kappa shape index (κ1) is 18.3. The van der Waals surface area contributed by atoms with Gasteiger partial charge in [-0.1, -0.05) is 12.8 Å². The number of carbonyl (C=O) groups excluding carboxylic acids is 1. The van der Waals surface area contributed by atoms with E-state index in [9.17, 15) is 24.1 Å². The van der Waals surface area contributed by atoms with Crippen molar-refractivity contribution in [2.24, 2.45) is 0 Å². The van der Waals surface area contributed by atoms with Gasteiger partial charge in [-0.3, -0.25) is 14.9 Å². The van der Waals surface area contributed by atoms with Crippen LogP contribution < -0.4 is 10.6 Å². The smallest absolute Gasteiger partial charge is 0.404 e. The van der Waals surface area contributed by atoms with Gasteiger partial charge < -0.3 is 15.7 Å². The summed E-state index contributed by atoms with van der Waals surface area (Å²) in [4.78, 5) is 31.6. The van der Waals surface area contributed by atoms with Crippen molar-refractivity contribution in [3.8, 4) is 0 Å². The molecule has 0 heterocycles. The van der Waals surface area contributed by atoms with Crippen LogP contribution >= 0.6 is 0 Å². The predicted octanol–water partition coefficient (Wildman–Crippen LogP) is 2.29. The molecule has 126 valence electrons. The number of rotatable bonds is 9. The lowest BCUT2D eigenvalue weighted by molar-refractivity contribution is -0.387. The van der Waals surface area contributed by atoms with E-state index < -0.39 is 28.4 Å². The number of carbonyl (C=O) groups is 2. The number of nitrogens with zero attached hydrogens (tertiary/aromatic N) is 1. The molecule has 9 heteroatoms. The number of hydrogen-bond acceptors (Lipinski definition) is 4. The highest BCUT2D eigenvalue weighted by atomic mass is 19.1. The second kappa shape index (κ2) is 9.34. The lowest BCUT2D eigenvalue weighted by atomic mass is 10.1. The summed E-state index contributed by atoms with van der Waals surface area (Å²) in [6, 6.07) is 3.00. The number of nitrogens with one attached hydrogen (secondary N) is 2. The maximum absolute atomic E-state index is 13.4. The molecule has 23 heavy (non-hydrogen) atoms. The minimum atomic E-state index is -1.05. The van der Waals surface area contributed by atoms with Gasteiger partial charge in [-0.2, -0.15) is 4.39 Å². The average molecular weight is 327 g/mol. The zero-order chi connectivity index (χ0) is 17.2. The van der Waals surface area contributed by atoms with Gasteiger partial charge in [-0.15, -0.1) is 0 Å². The number of benzene rings is 1. The highest BCUT2D eigenvalue weighted by molar-refractivity contribution is 5.94. The maximum Gasteiger partial charge on any atom is 0.404 e. The van der Waals surface area contributed by atoms with Crippen LogP contribution in [0.5, 0.6) is 0 Å². The fraction of sp³-hybridized carbons (Fsp3) is 0.429. The van der Waals surface area contributed by atoms with Crippen LogP contribution in [0.15, 0.2) is 18.2 Å². The zero-order valence-electron chi connectivity index (χ0n) is 12.4. The van der Waals surface area contributed by atoms with Crippen LogP contribution in [0.2, 0.25) is 0 Å². The van der Waals surface area contributed by atoms with E-state index in [1.54, 1.807) is 0 Å². The average Bonchev–Trinajstić information content (AvgIpc) is 2.48. The Labute approximate surface area is 131 Å².